The molecule has 0 aromatic rings. The summed E-state index contributed by atoms with van der Waals surface area (Å²) in [6.45, 7) is 0. The van der Waals surface area contributed by atoms with Gasteiger partial charge in [-0.05, 0) is 0 Å². The minimum atomic E-state index is -2.92. The van der Waals surface area contributed by atoms with E-state index in [-0.39, 0.29) is 100 Å². The van der Waals surface area contributed by atoms with Gasteiger partial charge in [-0.1, -0.05) is 0 Å². The Kier molecular flexibility index (Phi) is 29.5. The van der Waals surface area contributed by atoms with Gasteiger partial charge in [0.05, 0.1) is 0 Å². The number of hydrogen-bond donors (Lipinski definition) is 0. The minimum absolute atomic E-state index is 0. The molecule has 0 bridgehead atoms. The van der Waals surface area contributed by atoms with Crippen LogP contribution >= 0.6 is 0 Å². The molecule has 0 spiro atoms. The van der Waals surface area contributed by atoms with E-state index in [1.54, 1.807) is 0 Å². The predicted octanol–water partition coefficient (Wildman–Crippen LogP) is -7.32. The smallest absolute Gasteiger partial charge is 0.907 e. The van der Waals surface area contributed by atoms with Crippen LogP contribution in [0.2, 0.25) is 0 Å². The second kappa shape index (κ2) is 11.0. The fraction of sp³-hybridized carbons (Fsp3) is 0. The fourth-order valence-corrected chi connectivity index (χ4v) is 0. The van der Waals surface area contributed by atoms with Crippen molar-refractivity contribution in [2.45, 2.75) is 0 Å². The molecule has 6 heteroatoms. The maximum Gasteiger partial charge on any atom is 2.00 e. The Balaban J connectivity index is -0.0000000450. The van der Waals surface area contributed by atoms with Crippen molar-refractivity contribution in [3.8, 4) is 0 Å². The first-order valence-electron chi connectivity index (χ1n) is 0.707. The van der Waals surface area contributed by atoms with Crippen molar-refractivity contribution >= 4 is 56.2 Å². The van der Waals surface area contributed by atoms with Gasteiger partial charge in [0.25, 0.3) is 0 Å². The molecule has 0 saturated heterocycles. The van der Waals surface area contributed by atoms with Gasteiger partial charge in [0.15, 0.2) is 0 Å². The fourth-order valence-electron chi connectivity index (χ4n) is 0. The molecule has 0 radical (unpaired) electrons. The van der Waals surface area contributed by atoms with E-state index in [1.807, 2.05) is 0 Å². The van der Waals surface area contributed by atoms with Crippen molar-refractivity contribution in [1.82, 2.24) is 0 Å². The molecule has 0 saturated carbocycles. The molecule has 6 heavy (non-hydrogen) atoms. The van der Waals surface area contributed by atoms with Gasteiger partial charge < -0.3 is 15.1 Å². The summed E-state index contributed by atoms with van der Waals surface area (Å²) in [5.74, 6) is 0. The summed E-state index contributed by atoms with van der Waals surface area (Å²) >= 11 is 0. The third-order valence-corrected chi connectivity index (χ3v) is 0. The van der Waals surface area contributed by atoms with Crippen LogP contribution < -0.4 is 66.5 Å². The molecule has 0 fully saturated rings. The average molecular weight is 235 g/mol. The molecule has 0 unspecified atom stereocenters. The van der Waals surface area contributed by atoms with Gasteiger partial charge in [0.1, 0.15) is 0 Å². The maximum absolute atomic E-state index is 8.42. The van der Waals surface area contributed by atoms with Crippen molar-refractivity contribution in [2.75, 3.05) is 0 Å². The van der Waals surface area contributed by atoms with Crippen molar-refractivity contribution in [3.63, 3.8) is 0 Å². The van der Waals surface area contributed by atoms with Gasteiger partial charge in [0, 0.05) is 0 Å². The van der Waals surface area contributed by atoms with Crippen LogP contribution in [-0.2, 0) is 0 Å². The number of rotatable bonds is 0. The monoisotopic (exact) mass is 236 g/mol. The summed E-state index contributed by atoms with van der Waals surface area (Å²) < 4.78 is 0. The summed E-state index contributed by atoms with van der Waals surface area (Å²) in [5, 5.41) is 25.2. The van der Waals surface area contributed by atoms with Gasteiger partial charge in [-0.15, -0.1) is 0 Å². The Labute approximate surface area is 119 Å². The van der Waals surface area contributed by atoms with E-state index in [2.05, 4.69) is 0 Å². The molecule has 0 rings (SSSR count). The van der Waals surface area contributed by atoms with E-state index in [0.29, 0.717) is 0 Å². The molecule has 0 aromatic carbocycles. The SMILES string of the molecule is [Ba+2].[K+].[O-]B([O-])[O-]. The van der Waals surface area contributed by atoms with E-state index in [9.17, 15) is 0 Å². The Morgan fingerprint density at radius 1 is 1.00 bits per heavy atom. The van der Waals surface area contributed by atoms with Crippen LogP contribution in [0.1, 0.15) is 0 Å². The zero-order valence-electron chi connectivity index (χ0n) is 3.51. The van der Waals surface area contributed by atoms with E-state index in [1.165, 1.54) is 0 Å². The standard InChI is InChI=1S/BO3.Ba.K/c2-1(3)4;;/q-3;+2;+1. The second-order valence-electron chi connectivity index (χ2n) is 0.289. The zero-order chi connectivity index (χ0) is 3.58. The van der Waals surface area contributed by atoms with Crippen molar-refractivity contribution in [3.05, 3.63) is 0 Å². The van der Waals surface area contributed by atoms with Gasteiger partial charge in [-0.2, -0.15) is 0 Å². The van der Waals surface area contributed by atoms with Crippen LogP contribution in [-0.4, -0.2) is 56.2 Å². The molecule has 0 atom stereocenters. The molecule has 24 valence electrons. The Bertz CT molecular complexity index is 15.5. The summed E-state index contributed by atoms with van der Waals surface area (Å²) in [5.41, 5.74) is 0. The van der Waals surface area contributed by atoms with Gasteiger partial charge in [-0.3, -0.25) is 7.32 Å². The van der Waals surface area contributed by atoms with Crippen molar-refractivity contribution < 1.29 is 66.5 Å². The van der Waals surface area contributed by atoms with E-state index in [4.69, 9.17) is 15.1 Å². The Morgan fingerprint density at radius 3 is 1.00 bits per heavy atom. The topological polar surface area (TPSA) is 69.2 Å². The van der Waals surface area contributed by atoms with E-state index < -0.39 is 7.32 Å². The van der Waals surface area contributed by atoms with E-state index in [0.717, 1.165) is 0 Å². The predicted molar refractivity (Wildman–Crippen MR) is 11.5 cm³/mol. The first kappa shape index (κ1) is 16.1. The molecule has 0 amide bonds. The van der Waals surface area contributed by atoms with Crippen LogP contribution in [0.3, 0.4) is 0 Å². The second-order valence-corrected chi connectivity index (χ2v) is 0.289. The molecular weight excluding hydrogens is 235 g/mol. The first-order valence-corrected chi connectivity index (χ1v) is 0.707. The molecule has 0 aliphatic carbocycles. The molecule has 0 N–H and O–H groups in total. The third-order valence-electron chi connectivity index (χ3n) is 0. The summed E-state index contributed by atoms with van der Waals surface area (Å²) in [4.78, 5) is 0. The van der Waals surface area contributed by atoms with Crippen LogP contribution in [0.15, 0.2) is 0 Å². The molecule has 0 aliphatic heterocycles. The molecule has 0 aromatic heterocycles. The van der Waals surface area contributed by atoms with Gasteiger partial charge in [-0.25, -0.2) is 0 Å². The van der Waals surface area contributed by atoms with Crippen LogP contribution in [0.4, 0.5) is 0 Å². The van der Waals surface area contributed by atoms with E-state index >= 15 is 0 Å². The molecular formula is BBaKO3. The molecule has 0 heterocycles. The largest absolute Gasteiger partial charge is 2.00 e. The number of hydrogen-bond acceptors (Lipinski definition) is 3. The van der Waals surface area contributed by atoms with Crippen molar-refractivity contribution in [2.24, 2.45) is 0 Å². The van der Waals surface area contributed by atoms with Crippen molar-refractivity contribution in [1.29, 1.82) is 0 Å². The quantitative estimate of drug-likeness (QED) is 0.392. The summed E-state index contributed by atoms with van der Waals surface area (Å²) in [6.07, 6.45) is 0. The molecule has 3 nitrogen and oxygen atoms in total. The van der Waals surface area contributed by atoms with Gasteiger partial charge in [0.2, 0.25) is 0 Å². The van der Waals surface area contributed by atoms with Crippen LogP contribution in [0.25, 0.3) is 0 Å². The first-order chi connectivity index (χ1) is 1.73. The maximum atomic E-state index is 8.42. The Morgan fingerprint density at radius 2 is 1.00 bits per heavy atom. The van der Waals surface area contributed by atoms with Crippen LogP contribution in [0, 0.1) is 0 Å². The summed E-state index contributed by atoms with van der Waals surface area (Å²) in [7, 11) is -2.92. The third kappa shape index (κ3) is 27.2. The molecule has 0 aliphatic rings. The zero-order valence-corrected chi connectivity index (χ0v) is 11.1. The normalized spacial score (nSPS) is 4.50. The van der Waals surface area contributed by atoms with Gasteiger partial charge >= 0.3 is 100 Å². The minimum Gasteiger partial charge on any atom is -0.907 e. The van der Waals surface area contributed by atoms with Crippen LogP contribution in [0.5, 0.6) is 0 Å². The average Bonchev–Trinajstić information content (AvgIpc) is 0.811. The Hall–Kier alpha value is 3.15. The summed E-state index contributed by atoms with van der Waals surface area (Å²) in [6, 6.07) is 0.